The molecule has 0 unspecified atom stereocenters. The quantitative estimate of drug-likeness (QED) is 0.642. The molecule has 1 aromatic carbocycles. The van der Waals surface area contributed by atoms with Gasteiger partial charge in [-0.15, -0.1) is 12.4 Å². The molecular weight excluding hydrogens is 302 g/mol. The molecule has 1 heterocycles. The Morgan fingerprint density at radius 2 is 2.00 bits per heavy atom. The highest BCUT2D eigenvalue weighted by molar-refractivity contribution is 5.85. The molecule has 0 aliphatic carbocycles. The second-order valence-corrected chi connectivity index (χ2v) is 3.92. The summed E-state index contributed by atoms with van der Waals surface area (Å²) in [4.78, 5) is 10.0. The van der Waals surface area contributed by atoms with Crippen LogP contribution in [0.1, 0.15) is 11.6 Å². The number of halogens is 3. The van der Waals surface area contributed by atoms with Crippen molar-refractivity contribution in [2.45, 2.75) is 12.0 Å². The van der Waals surface area contributed by atoms with Gasteiger partial charge >= 0.3 is 0 Å². The molecule has 3 N–H and O–H groups in total. The first kappa shape index (κ1) is 16.3. The lowest BCUT2D eigenvalue weighted by molar-refractivity contribution is -0.386. The van der Waals surface area contributed by atoms with Crippen LogP contribution in [0.4, 0.5) is 14.5 Å². The highest BCUT2D eigenvalue weighted by Crippen LogP contribution is 2.42. The number of rotatable bonds is 4. The van der Waals surface area contributed by atoms with Crippen LogP contribution in [0.3, 0.4) is 0 Å². The van der Waals surface area contributed by atoms with Crippen molar-refractivity contribution in [1.29, 1.82) is 0 Å². The number of ether oxygens (including phenoxy) is 2. The predicted molar refractivity (Wildman–Crippen MR) is 65.4 cm³/mol. The fourth-order valence-corrected chi connectivity index (χ4v) is 1.68. The van der Waals surface area contributed by atoms with E-state index in [1.807, 2.05) is 0 Å². The Bertz CT molecular complexity index is 529. The van der Waals surface area contributed by atoms with Crippen molar-refractivity contribution in [1.82, 2.24) is 0 Å². The van der Waals surface area contributed by atoms with Gasteiger partial charge in [-0.2, -0.15) is 0 Å². The van der Waals surface area contributed by atoms with E-state index in [9.17, 15) is 18.9 Å². The summed E-state index contributed by atoms with van der Waals surface area (Å²) in [5.74, 6) is -3.49. The Labute approximate surface area is 117 Å². The molecule has 10 heteroatoms. The van der Waals surface area contributed by atoms with Gasteiger partial charge in [0.2, 0.25) is 6.79 Å². The topological polar surface area (TPSA) is 108 Å². The SMILES string of the molecule is Cl.N[C@@H](c1cc2c(cc1[N+](=O)[O-])OCO2)C(F)(F)CO. The Kier molecular flexibility index (Phi) is 4.69. The molecular formula is C10H11ClF2N2O5. The molecule has 0 bridgehead atoms. The number of nitro groups is 1. The van der Waals surface area contributed by atoms with E-state index in [1.165, 1.54) is 0 Å². The number of benzene rings is 1. The summed E-state index contributed by atoms with van der Waals surface area (Å²) in [6, 6.07) is -0.00735. The maximum Gasteiger partial charge on any atom is 0.289 e. The lowest BCUT2D eigenvalue weighted by Gasteiger charge is -2.21. The second-order valence-electron chi connectivity index (χ2n) is 3.92. The number of nitro benzene ring substituents is 1. The summed E-state index contributed by atoms with van der Waals surface area (Å²) >= 11 is 0. The smallest absolute Gasteiger partial charge is 0.289 e. The van der Waals surface area contributed by atoms with Crippen LogP contribution in [0.5, 0.6) is 11.5 Å². The highest BCUT2D eigenvalue weighted by atomic mass is 35.5. The number of nitrogens with two attached hydrogens (primary N) is 1. The monoisotopic (exact) mass is 312 g/mol. The Morgan fingerprint density at radius 1 is 1.45 bits per heavy atom. The fourth-order valence-electron chi connectivity index (χ4n) is 1.68. The molecule has 1 aliphatic heterocycles. The van der Waals surface area contributed by atoms with E-state index in [1.54, 1.807) is 0 Å². The van der Waals surface area contributed by atoms with Crippen molar-refractivity contribution in [3.8, 4) is 11.5 Å². The maximum absolute atomic E-state index is 13.4. The molecule has 0 fully saturated rings. The number of hydrogen-bond donors (Lipinski definition) is 2. The van der Waals surface area contributed by atoms with E-state index in [4.69, 9.17) is 20.3 Å². The highest BCUT2D eigenvalue weighted by Gasteiger charge is 2.41. The van der Waals surface area contributed by atoms with Crippen LogP contribution in [0, 0.1) is 10.1 Å². The van der Waals surface area contributed by atoms with E-state index < -0.39 is 34.7 Å². The minimum Gasteiger partial charge on any atom is -0.454 e. The minimum absolute atomic E-state index is 0. The zero-order chi connectivity index (χ0) is 14.2. The third-order valence-corrected chi connectivity index (χ3v) is 2.72. The number of fused-ring (bicyclic) bond motifs is 1. The van der Waals surface area contributed by atoms with Gasteiger partial charge in [0, 0.05) is 0 Å². The summed E-state index contributed by atoms with van der Waals surface area (Å²) in [5, 5.41) is 19.5. The van der Waals surface area contributed by atoms with Crippen LogP contribution in [0.25, 0.3) is 0 Å². The normalized spacial score (nSPS) is 14.6. The van der Waals surface area contributed by atoms with Crippen molar-refractivity contribution in [3.05, 3.63) is 27.8 Å². The first-order valence-corrected chi connectivity index (χ1v) is 5.19. The minimum atomic E-state index is -3.68. The van der Waals surface area contributed by atoms with Crippen molar-refractivity contribution >= 4 is 18.1 Å². The van der Waals surface area contributed by atoms with Gasteiger partial charge in [-0.05, 0) is 6.07 Å². The summed E-state index contributed by atoms with van der Waals surface area (Å²) in [6.07, 6.45) is 0. The number of aliphatic hydroxyl groups is 1. The second kappa shape index (κ2) is 5.73. The lowest BCUT2D eigenvalue weighted by atomic mass is 9.99. The van der Waals surface area contributed by atoms with Gasteiger partial charge in [-0.3, -0.25) is 10.1 Å². The number of hydrogen-bond acceptors (Lipinski definition) is 6. The molecule has 0 radical (unpaired) electrons. The summed E-state index contributed by atoms with van der Waals surface area (Å²) in [5.41, 5.74) is 4.28. The molecule has 112 valence electrons. The summed E-state index contributed by atoms with van der Waals surface area (Å²) in [7, 11) is 0. The Hall–Kier alpha value is -1.71. The number of nitrogens with zero attached hydrogens (tertiary/aromatic N) is 1. The molecule has 7 nitrogen and oxygen atoms in total. The molecule has 20 heavy (non-hydrogen) atoms. The van der Waals surface area contributed by atoms with Crippen molar-refractivity contribution < 1.29 is 28.3 Å². The number of aliphatic hydroxyl groups excluding tert-OH is 1. The lowest BCUT2D eigenvalue weighted by Crippen LogP contribution is -2.36. The summed E-state index contributed by atoms with van der Waals surface area (Å²) in [6.45, 7) is -1.67. The van der Waals surface area contributed by atoms with Gasteiger partial charge in [-0.1, -0.05) is 0 Å². The van der Waals surface area contributed by atoms with Crippen molar-refractivity contribution in [2.24, 2.45) is 5.73 Å². The van der Waals surface area contributed by atoms with Crippen LogP contribution in [0.15, 0.2) is 12.1 Å². The zero-order valence-corrected chi connectivity index (χ0v) is 10.7. The van der Waals surface area contributed by atoms with Crippen LogP contribution in [-0.4, -0.2) is 29.4 Å². The Morgan fingerprint density at radius 3 is 2.50 bits per heavy atom. The van der Waals surface area contributed by atoms with Gasteiger partial charge in [0.05, 0.1) is 16.6 Å². The van der Waals surface area contributed by atoms with E-state index in [-0.39, 0.29) is 30.7 Å². The first-order chi connectivity index (χ1) is 8.86. The standard InChI is InChI=1S/C10H10F2N2O5.ClH/c11-10(12,3-15)9(13)5-1-7-8(19-4-18-7)2-6(5)14(16)17;/h1-2,9,15H,3-4,13H2;1H/t9-;/m0./s1. The van der Waals surface area contributed by atoms with E-state index in [0.29, 0.717) is 0 Å². The van der Waals surface area contributed by atoms with E-state index >= 15 is 0 Å². The number of alkyl halides is 2. The van der Waals surface area contributed by atoms with Crippen LogP contribution >= 0.6 is 12.4 Å². The molecule has 1 aliphatic rings. The average molecular weight is 313 g/mol. The Balaban J connectivity index is 0.00000200. The molecule has 0 aromatic heterocycles. The van der Waals surface area contributed by atoms with Crippen molar-refractivity contribution in [2.75, 3.05) is 13.4 Å². The predicted octanol–water partition coefficient (Wildman–Crippen LogP) is 1.37. The molecule has 1 aromatic rings. The molecule has 1 atom stereocenters. The maximum atomic E-state index is 13.4. The average Bonchev–Trinajstić information content (AvgIpc) is 2.83. The van der Waals surface area contributed by atoms with Gasteiger partial charge < -0.3 is 20.3 Å². The third kappa shape index (κ3) is 2.74. The molecule has 0 saturated carbocycles. The van der Waals surface area contributed by atoms with Gasteiger partial charge in [0.15, 0.2) is 11.5 Å². The van der Waals surface area contributed by atoms with E-state index in [2.05, 4.69) is 0 Å². The summed E-state index contributed by atoms with van der Waals surface area (Å²) < 4.78 is 36.6. The molecule has 0 saturated heterocycles. The van der Waals surface area contributed by atoms with Gasteiger partial charge in [0.1, 0.15) is 12.6 Å². The van der Waals surface area contributed by atoms with Crippen LogP contribution in [-0.2, 0) is 0 Å². The molecule has 2 rings (SSSR count). The fraction of sp³-hybridized carbons (Fsp3) is 0.400. The molecule has 0 amide bonds. The van der Waals surface area contributed by atoms with Crippen LogP contribution < -0.4 is 15.2 Å². The van der Waals surface area contributed by atoms with E-state index in [0.717, 1.165) is 12.1 Å². The first-order valence-electron chi connectivity index (χ1n) is 5.19. The van der Waals surface area contributed by atoms with Crippen molar-refractivity contribution in [3.63, 3.8) is 0 Å². The van der Waals surface area contributed by atoms with Gasteiger partial charge in [-0.25, -0.2) is 8.78 Å². The molecule has 0 spiro atoms. The third-order valence-electron chi connectivity index (χ3n) is 2.72. The van der Waals surface area contributed by atoms with Gasteiger partial charge in [0.25, 0.3) is 11.6 Å². The largest absolute Gasteiger partial charge is 0.454 e. The van der Waals surface area contributed by atoms with Crippen LogP contribution in [0.2, 0.25) is 0 Å². The zero-order valence-electron chi connectivity index (χ0n) is 9.92.